The molecule has 2 aliphatic heterocycles. The Morgan fingerprint density at radius 1 is 1.24 bits per heavy atom. The molecule has 1 amide bonds. The Morgan fingerprint density at radius 2 is 2.00 bits per heavy atom. The van der Waals surface area contributed by atoms with E-state index >= 15 is 0 Å². The van der Waals surface area contributed by atoms with E-state index in [1.807, 2.05) is 7.05 Å². The Kier molecular flexibility index (Phi) is 8.48. The van der Waals surface area contributed by atoms with Crippen molar-refractivity contribution >= 4 is 11.9 Å². The van der Waals surface area contributed by atoms with Crippen LogP contribution in [0, 0.1) is 11.8 Å². The molecule has 2 rings (SSSR count). The maximum absolute atomic E-state index is 11.2. The summed E-state index contributed by atoms with van der Waals surface area (Å²) in [5, 5.41) is 3.56. The third kappa shape index (κ3) is 6.82. The summed E-state index contributed by atoms with van der Waals surface area (Å²) in [4.78, 5) is 20.4. The molecule has 0 aromatic heterocycles. The summed E-state index contributed by atoms with van der Waals surface area (Å²) < 4.78 is 5.16. The van der Waals surface area contributed by atoms with Gasteiger partial charge in [0.15, 0.2) is 5.96 Å². The maximum atomic E-state index is 11.2. The number of carbonyl (C=O) groups excluding carboxylic acids is 1. The van der Waals surface area contributed by atoms with Crippen LogP contribution in [-0.4, -0.2) is 81.7 Å². The number of guanidine groups is 1. The number of likely N-dealkylation sites (tertiary alicyclic amines) is 2. The summed E-state index contributed by atoms with van der Waals surface area (Å²) >= 11 is 0. The molecule has 2 heterocycles. The lowest BCUT2D eigenvalue weighted by atomic mass is 9.94. The van der Waals surface area contributed by atoms with Gasteiger partial charge >= 0.3 is 0 Å². The van der Waals surface area contributed by atoms with E-state index in [2.05, 4.69) is 20.1 Å². The monoisotopic (exact) mass is 353 g/mol. The van der Waals surface area contributed by atoms with E-state index in [0.29, 0.717) is 18.3 Å². The number of ether oxygens (including phenoxy) is 1. The van der Waals surface area contributed by atoms with Gasteiger partial charge in [0.2, 0.25) is 5.91 Å². The van der Waals surface area contributed by atoms with Crippen LogP contribution in [0.25, 0.3) is 0 Å². The second-order valence-corrected chi connectivity index (χ2v) is 7.33. The van der Waals surface area contributed by atoms with Crippen molar-refractivity contribution in [2.75, 3.05) is 60.0 Å². The van der Waals surface area contributed by atoms with Crippen LogP contribution in [0.15, 0.2) is 4.99 Å². The Hall–Kier alpha value is -1.34. The molecule has 25 heavy (non-hydrogen) atoms. The van der Waals surface area contributed by atoms with Crippen LogP contribution in [0.5, 0.6) is 0 Å². The molecule has 3 N–H and O–H groups in total. The van der Waals surface area contributed by atoms with Gasteiger partial charge in [-0.2, -0.15) is 0 Å². The van der Waals surface area contributed by atoms with Crippen molar-refractivity contribution in [1.82, 2.24) is 15.1 Å². The van der Waals surface area contributed by atoms with E-state index in [1.54, 1.807) is 7.11 Å². The van der Waals surface area contributed by atoms with E-state index in [4.69, 9.17) is 10.5 Å². The molecule has 1 unspecified atom stereocenters. The van der Waals surface area contributed by atoms with Gasteiger partial charge in [-0.05, 0) is 50.6 Å². The molecule has 0 radical (unpaired) electrons. The first-order valence-corrected chi connectivity index (χ1v) is 9.57. The minimum atomic E-state index is -0.199. The number of aliphatic imine (C=N–C) groups is 1. The molecule has 0 aliphatic carbocycles. The van der Waals surface area contributed by atoms with E-state index in [0.717, 1.165) is 64.7 Å². The molecule has 7 heteroatoms. The van der Waals surface area contributed by atoms with Gasteiger partial charge in [-0.1, -0.05) is 0 Å². The average molecular weight is 354 g/mol. The van der Waals surface area contributed by atoms with Crippen molar-refractivity contribution in [2.24, 2.45) is 22.6 Å². The number of hydrogen-bond donors (Lipinski definition) is 2. The van der Waals surface area contributed by atoms with Gasteiger partial charge in [0, 0.05) is 46.8 Å². The van der Waals surface area contributed by atoms with Crippen molar-refractivity contribution in [3.63, 3.8) is 0 Å². The van der Waals surface area contributed by atoms with E-state index in [-0.39, 0.29) is 5.91 Å². The molecule has 1 atom stereocenters. The predicted octanol–water partition coefficient (Wildman–Crippen LogP) is 0.508. The van der Waals surface area contributed by atoms with Gasteiger partial charge in [0.05, 0.1) is 6.61 Å². The topological polar surface area (TPSA) is 83.2 Å². The van der Waals surface area contributed by atoms with E-state index in [9.17, 15) is 4.79 Å². The number of nitrogens with zero attached hydrogens (tertiary/aromatic N) is 3. The zero-order valence-electron chi connectivity index (χ0n) is 15.9. The normalized spacial score (nSPS) is 23.7. The van der Waals surface area contributed by atoms with Gasteiger partial charge in [-0.25, -0.2) is 0 Å². The number of carbonyl (C=O) groups is 1. The second kappa shape index (κ2) is 10.6. The Morgan fingerprint density at radius 3 is 2.64 bits per heavy atom. The number of piperidine rings is 2. The third-order valence-corrected chi connectivity index (χ3v) is 5.39. The van der Waals surface area contributed by atoms with Crippen LogP contribution in [0.2, 0.25) is 0 Å². The van der Waals surface area contributed by atoms with E-state index < -0.39 is 0 Å². The SMILES string of the molecule is CN=C(NCC1CCN(CCOC)CC1)N1CCCC(CC(N)=O)C1. The van der Waals surface area contributed by atoms with Crippen molar-refractivity contribution in [1.29, 1.82) is 0 Å². The molecule has 0 aromatic rings. The Bertz CT molecular complexity index is 435. The van der Waals surface area contributed by atoms with Crippen molar-refractivity contribution in [2.45, 2.75) is 32.1 Å². The number of nitrogens with one attached hydrogen (secondary N) is 1. The number of primary amides is 1. The molecule has 2 saturated heterocycles. The molecule has 2 fully saturated rings. The Balaban J connectivity index is 1.72. The van der Waals surface area contributed by atoms with Crippen LogP contribution in [-0.2, 0) is 9.53 Å². The highest BCUT2D eigenvalue weighted by atomic mass is 16.5. The molecule has 2 aliphatic rings. The standard InChI is InChI=1S/C18H35N5O2/c1-20-18(23-7-3-4-16(14-23)12-17(19)24)21-13-15-5-8-22(9-6-15)10-11-25-2/h15-16H,3-14H2,1-2H3,(H2,19,24)(H,20,21). The van der Waals surface area contributed by atoms with Crippen LogP contribution in [0.1, 0.15) is 32.1 Å². The first-order valence-electron chi connectivity index (χ1n) is 9.57. The second-order valence-electron chi connectivity index (χ2n) is 7.33. The zero-order chi connectivity index (χ0) is 18.1. The van der Waals surface area contributed by atoms with Crippen LogP contribution in [0.3, 0.4) is 0 Å². The number of hydrogen-bond acceptors (Lipinski definition) is 4. The largest absolute Gasteiger partial charge is 0.383 e. The first kappa shape index (κ1) is 20.0. The van der Waals surface area contributed by atoms with Gasteiger partial charge < -0.3 is 25.6 Å². The smallest absolute Gasteiger partial charge is 0.217 e. The molecule has 144 valence electrons. The zero-order valence-corrected chi connectivity index (χ0v) is 15.9. The summed E-state index contributed by atoms with van der Waals surface area (Å²) in [6, 6.07) is 0. The summed E-state index contributed by atoms with van der Waals surface area (Å²) in [7, 11) is 3.60. The molecule has 0 bridgehead atoms. The molecule has 0 aromatic carbocycles. The van der Waals surface area contributed by atoms with Crippen LogP contribution >= 0.6 is 0 Å². The first-order chi connectivity index (χ1) is 12.1. The minimum absolute atomic E-state index is 0.199. The van der Waals surface area contributed by atoms with E-state index in [1.165, 1.54) is 12.8 Å². The molecule has 0 saturated carbocycles. The van der Waals surface area contributed by atoms with Crippen molar-refractivity contribution < 1.29 is 9.53 Å². The molecular formula is C18H35N5O2. The average Bonchev–Trinajstić information content (AvgIpc) is 2.61. The molecule has 0 spiro atoms. The fraction of sp³-hybridized carbons (Fsp3) is 0.889. The highest BCUT2D eigenvalue weighted by Crippen LogP contribution is 2.20. The van der Waals surface area contributed by atoms with Gasteiger partial charge in [-0.3, -0.25) is 9.79 Å². The third-order valence-electron chi connectivity index (χ3n) is 5.39. The predicted molar refractivity (Wildman–Crippen MR) is 101 cm³/mol. The minimum Gasteiger partial charge on any atom is -0.383 e. The van der Waals surface area contributed by atoms with Gasteiger partial charge in [-0.15, -0.1) is 0 Å². The fourth-order valence-electron chi connectivity index (χ4n) is 3.91. The quantitative estimate of drug-likeness (QED) is 0.515. The number of rotatable bonds is 7. The van der Waals surface area contributed by atoms with Crippen molar-refractivity contribution in [3.05, 3.63) is 0 Å². The number of methoxy groups -OCH3 is 1. The number of amides is 1. The maximum Gasteiger partial charge on any atom is 0.217 e. The number of nitrogens with two attached hydrogens (primary N) is 1. The Labute approximate surface area is 152 Å². The lowest BCUT2D eigenvalue weighted by Gasteiger charge is -2.36. The molecular weight excluding hydrogens is 318 g/mol. The summed E-state index contributed by atoms with van der Waals surface area (Å²) in [5.41, 5.74) is 5.36. The lowest BCUT2D eigenvalue weighted by molar-refractivity contribution is -0.119. The van der Waals surface area contributed by atoms with Crippen LogP contribution < -0.4 is 11.1 Å². The highest BCUT2D eigenvalue weighted by Gasteiger charge is 2.24. The summed E-state index contributed by atoms with van der Waals surface area (Å²) in [5.74, 6) is 1.82. The summed E-state index contributed by atoms with van der Waals surface area (Å²) in [6.45, 7) is 7.01. The van der Waals surface area contributed by atoms with Gasteiger partial charge in [0.1, 0.15) is 0 Å². The summed E-state index contributed by atoms with van der Waals surface area (Å²) in [6.07, 6.45) is 5.09. The molecule has 7 nitrogen and oxygen atoms in total. The van der Waals surface area contributed by atoms with Crippen molar-refractivity contribution in [3.8, 4) is 0 Å². The lowest BCUT2D eigenvalue weighted by Crippen LogP contribution is -2.49. The fourth-order valence-corrected chi connectivity index (χ4v) is 3.91. The van der Waals surface area contributed by atoms with Crippen LogP contribution in [0.4, 0.5) is 0 Å². The highest BCUT2D eigenvalue weighted by molar-refractivity contribution is 5.80. The van der Waals surface area contributed by atoms with Gasteiger partial charge in [0.25, 0.3) is 0 Å².